The van der Waals surface area contributed by atoms with Gasteiger partial charge in [-0.15, -0.1) is 11.6 Å². The standard InChI is InChI=1S/C24H27ClN2O6S/c1-13(12-25)18(22(29)33-24(2,3)4)27-20(28)17-21(27)34-19(26-17)14-10-16(11-14)32-23(30)31-15-8-6-5-7-9-15/h5-9,14,16-18,21H,1,10-12H2,2-4H3. The summed E-state index contributed by atoms with van der Waals surface area (Å²) in [6, 6.07) is 7.25. The number of carbonyl (C=O) groups excluding carboxylic acids is 3. The summed E-state index contributed by atoms with van der Waals surface area (Å²) < 4.78 is 16.0. The van der Waals surface area contributed by atoms with Crippen molar-refractivity contribution in [2.24, 2.45) is 10.9 Å². The number of rotatable bonds is 7. The van der Waals surface area contributed by atoms with E-state index in [0.29, 0.717) is 24.2 Å². The van der Waals surface area contributed by atoms with E-state index >= 15 is 0 Å². The average Bonchev–Trinajstić information content (AvgIpc) is 3.12. The number of aliphatic imine (C=N–C) groups is 1. The molecule has 3 atom stereocenters. The van der Waals surface area contributed by atoms with Crippen molar-refractivity contribution >= 4 is 46.4 Å². The molecule has 0 radical (unpaired) electrons. The lowest BCUT2D eigenvalue weighted by Gasteiger charge is -2.46. The Kier molecular flexibility index (Phi) is 6.96. The Balaban J connectivity index is 1.32. The maximum absolute atomic E-state index is 12.9. The van der Waals surface area contributed by atoms with E-state index in [1.54, 1.807) is 45.0 Å². The normalized spacial score (nSPS) is 26.4. The number of hydrogen-bond acceptors (Lipinski definition) is 8. The molecule has 1 saturated carbocycles. The number of ether oxygens (including phenoxy) is 3. The summed E-state index contributed by atoms with van der Waals surface area (Å²) in [6.45, 7) is 9.19. The van der Waals surface area contributed by atoms with Crippen LogP contribution in [0, 0.1) is 5.92 Å². The predicted molar refractivity (Wildman–Crippen MR) is 129 cm³/mol. The Morgan fingerprint density at radius 3 is 2.56 bits per heavy atom. The number of thioether (sulfide) groups is 1. The highest BCUT2D eigenvalue weighted by Crippen LogP contribution is 2.47. The Hall–Kier alpha value is -2.52. The highest BCUT2D eigenvalue weighted by atomic mass is 35.5. The summed E-state index contributed by atoms with van der Waals surface area (Å²) in [4.78, 5) is 43.8. The summed E-state index contributed by atoms with van der Waals surface area (Å²) in [5.41, 5.74) is -0.298. The number of esters is 1. The molecule has 0 bridgehead atoms. The van der Waals surface area contributed by atoms with Crippen LogP contribution < -0.4 is 4.74 Å². The number of para-hydroxylation sites is 1. The molecule has 10 heteroatoms. The van der Waals surface area contributed by atoms with Crippen molar-refractivity contribution in [3.8, 4) is 5.75 Å². The molecule has 3 unspecified atom stereocenters. The largest absolute Gasteiger partial charge is 0.514 e. The number of halogens is 1. The van der Waals surface area contributed by atoms with Crippen LogP contribution in [0.2, 0.25) is 0 Å². The van der Waals surface area contributed by atoms with Crippen LogP contribution in [0.3, 0.4) is 0 Å². The first kappa shape index (κ1) is 24.6. The highest BCUT2D eigenvalue weighted by Gasteiger charge is 2.58. The van der Waals surface area contributed by atoms with Gasteiger partial charge in [-0.05, 0) is 51.3 Å². The maximum atomic E-state index is 12.9. The minimum Gasteiger partial charge on any atom is -0.458 e. The van der Waals surface area contributed by atoms with Crippen molar-refractivity contribution in [2.75, 3.05) is 5.88 Å². The molecule has 2 aliphatic heterocycles. The smallest absolute Gasteiger partial charge is 0.458 e. The molecule has 1 aromatic rings. The zero-order chi connectivity index (χ0) is 24.6. The number of hydrogen-bond donors (Lipinski definition) is 0. The molecule has 1 aromatic carbocycles. The number of alkyl halides is 1. The molecule has 3 aliphatic rings. The molecule has 2 fully saturated rings. The molecule has 0 aromatic heterocycles. The first-order chi connectivity index (χ1) is 16.1. The molecule has 4 rings (SSSR count). The van der Waals surface area contributed by atoms with Crippen LogP contribution in [0.5, 0.6) is 5.75 Å². The van der Waals surface area contributed by atoms with Crippen LogP contribution in [0.4, 0.5) is 4.79 Å². The van der Waals surface area contributed by atoms with Crippen LogP contribution in [-0.4, -0.2) is 63.0 Å². The molecule has 2 heterocycles. The number of amides is 1. The number of β-lactam (4-membered cyclic amide) rings is 1. The van der Waals surface area contributed by atoms with Gasteiger partial charge in [0.1, 0.15) is 22.8 Å². The van der Waals surface area contributed by atoms with Crippen LogP contribution in [-0.2, 0) is 19.1 Å². The van der Waals surface area contributed by atoms with Gasteiger partial charge in [-0.1, -0.05) is 36.5 Å². The average molecular weight is 507 g/mol. The van der Waals surface area contributed by atoms with Crippen molar-refractivity contribution < 1.29 is 28.6 Å². The van der Waals surface area contributed by atoms with E-state index in [2.05, 4.69) is 11.6 Å². The van der Waals surface area contributed by atoms with E-state index < -0.39 is 29.8 Å². The van der Waals surface area contributed by atoms with Crippen molar-refractivity contribution in [2.45, 2.75) is 62.8 Å². The number of carbonyl (C=O) groups is 3. The third kappa shape index (κ3) is 5.10. The lowest BCUT2D eigenvalue weighted by molar-refractivity contribution is -0.168. The molecule has 0 N–H and O–H groups in total. The first-order valence-corrected chi connectivity index (χ1v) is 12.5. The number of fused-ring (bicyclic) bond motifs is 1. The minimum atomic E-state index is -0.947. The highest BCUT2D eigenvalue weighted by molar-refractivity contribution is 8.14. The Labute approximate surface area is 207 Å². The summed E-state index contributed by atoms with van der Waals surface area (Å²) in [5, 5.41) is 0.532. The van der Waals surface area contributed by atoms with Crippen molar-refractivity contribution in [3.63, 3.8) is 0 Å². The fourth-order valence-electron chi connectivity index (χ4n) is 3.99. The molecule has 0 spiro atoms. The number of benzene rings is 1. The second-order valence-corrected chi connectivity index (χ2v) is 10.9. The predicted octanol–water partition coefficient (Wildman–Crippen LogP) is 4.17. The molecule has 34 heavy (non-hydrogen) atoms. The zero-order valence-corrected chi connectivity index (χ0v) is 20.8. The fourth-order valence-corrected chi connectivity index (χ4v) is 5.59. The van der Waals surface area contributed by atoms with Crippen LogP contribution >= 0.6 is 23.4 Å². The van der Waals surface area contributed by atoms with E-state index in [4.69, 9.17) is 25.8 Å². The third-order valence-corrected chi connectivity index (χ3v) is 7.43. The summed E-state index contributed by atoms with van der Waals surface area (Å²) in [5.74, 6) is -0.242. The number of nitrogens with zero attached hydrogens (tertiary/aromatic N) is 2. The Morgan fingerprint density at radius 1 is 1.26 bits per heavy atom. The van der Waals surface area contributed by atoms with Crippen LogP contribution in [0.1, 0.15) is 33.6 Å². The minimum absolute atomic E-state index is 0.0319. The third-order valence-electron chi connectivity index (χ3n) is 5.68. The molecular formula is C24H27ClN2O6S. The van der Waals surface area contributed by atoms with E-state index in [9.17, 15) is 14.4 Å². The Morgan fingerprint density at radius 2 is 1.94 bits per heavy atom. The van der Waals surface area contributed by atoms with E-state index in [1.165, 1.54) is 16.7 Å². The van der Waals surface area contributed by atoms with Gasteiger partial charge in [0.2, 0.25) is 0 Å². The second kappa shape index (κ2) is 9.62. The summed E-state index contributed by atoms with van der Waals surface area (Å²) >= 11 is 7.43. The second-order valence-electron chi connectivity index (χ2n) is 9.47. The van der Waals surface area contributed by atoms with Gasteiger partial charge in [0.25, 0.3) is 5.91 Å². The van der Waals surface area contributed by atoms with Gasteiger partial charge in [0, 0.05) is 11.8 Å². The van der Waals surface area contributed by atoms with E-state index in [0.717, 1.165) is 5.04 Å². The van der Waals surface area contributed by atoms with Gasteiger partial charge in [0.15, 0.2) is 12.1 Å². The maximum Gasteiger partial charge on any atom is 0.514 e. The molecule has 1 aliphatic carbocycles. The summed E-state index contributed by atoms with van der Waals surface area (Å²) in [7, 11) is 0. The van der Waals surface area contributed by atoms with Crippen LogP contribution in [0.25, 0.3) is 0 Å². The van der Waals surface area contributed by atoms with Gasteiger partial charge in [-0.2, -0.15) is 0 Å². The van der Waals surface area contributed by atoms with Gasteiger partial charge >= 0.3 is 12.1 Å². The van der Waals surface area contributed by atoms with Gasteiger partial charge in [0.05, 0.1) is 5.04 Å². The lowest BCUT2D eigenvalue weighted by atomic mass is 9.83. The quantitative estimate of drug-likeness (QED) is 0.180. The van der Waals surface area contributed by atoms with Crippen molar-refractivity contribution in [3.05, 3.63) is 42.5 Å². The number of likely N-dealkylation sites (tertiary alicyclic amines) is 1. The molecule has 182 valence electrons. The van der Waals surface area contributed by atoms with E-state index in [-0.39, 0.29) is 29.2 Å². The summed E-state index contributed by atoms with van der Waals surface area (Å²) in [6.07, 6.45) is 0.206. The lowest BCUT2D eigenvalue weighted by Crippen LogP contribution is -2.66. The molecular weight excluding hydrogens is 480 g/mol. The SMILES string of the molecule is C=C(CCl)C(C(=O)OC(C)(C)C)N1C(=O)C2N=C(C3CC(OC(=O)Oc4ccccc4)C3)SC21. The van der Waals surface area contributed by atoms with Crippen molar-refractivity contribution in [1.29, 1.82) is 0 Å². The first-order valence-electron chi connectivity index (χ1n) is 11.0. The van der Waals surface area contributed by atoms with Crippen LogP contribution in [0.15, 0.2) is 47.5 Å². The van der Waals surface area contributed by atoms with E-state index in [1.807, 2.05) is 6.07 Å². The van der Waals surface area contributed by atoms with Gasteiger partial charge < -0.3 is 19.1 Å². The topological polar surface area (TPSA) is 94.5 Å². The molecule has 1 saturated heterocycles. The molecule has 8 nitrogen and oxygen atoms in total. The zero-order valence-electron chi connectivity index (χ0n) is 19.2. The monoisotopic (exact) mass is 506 g/mol. The molecule has 1 amide bonds. The van der Waals surface area contributed by atoms with Gasteiger partial charge in [-0.3, -0.25) is 9.79 Å². The fraction of sp³-hybridized carbons (Fsp3) is 0.500. The van der Waals surface area contributed by atoms with Crippen molar-refractivity contribution in [1.82, 2.24) is 4.90 Å². The Bertz CT molecular complexity index is 1020. The van der Waals surface area contributed by atoms with Gasteiger partial charge in [-0.25, -0.2) is 9.59 Å².